The Kier molecular flexibility index (Phi) is 2.57. The van der Waals surface area contributed by atoms with Gasteiger partial charge in [-0.25, -0.2) is 4.98 Å². The first-order valence-electron chi connectivity index (χ1n) is 4.97. The van der Waals surface area contributed by atoms with E-state index in [0.29, 0.717) is 5.56 Å². The predicted molar refractivity (Wildman–Crippen MR) is 64.7 cm³/mol. The summed E-state index contributed by atoms with van der Waals surface area (Å²) in [6.07, 6.45) is 7.10. The quantitative estimate of drug-likeness (QED) is 0.773. The van der Waals surface area contributed by atoms with E-state index in [9.17, 15) is 0 Å². The monoisotopic (exact) mass is 209 g/mol. The van der Waals surface area contributed by atoms with Crippen LogP contribution in [0, 0.1) is 11.3 Å². The van der Waals surface area contributed by atoms with Gasteiger partial charge in [-0.1, -0.05) is 18.7 Å². The van der Waals surface area contributed by atoms with E-state index in [2.05, 4.69) is 22.6 Å². The molecule has 0 amide bonds. The molecule has 1 N–H and O–H groups in total. The van der Waals surface area contributed by atoms with Crippen LogP contribution in [0.25, 0.3) is 16.6 Å². The average Bonchev–Trinajstić information content (AvgIpc) is 2.79. The molecule has 2 aromatic heterocycles. The summed E-state index contributed by atoms with van der Waals surface area (Å²) >= 11 is 0. The Labute approximate surface area is 93.7 Å². The molecule has 2 aromatic rings. The highest BCUT2D eigenvalue weighted by Crippen LogP contribution is 2.27. The Hall–Kier alpha value is -2.34. The number of H-pyrrole nitrogens is 1. The van der Waals surface area contributed by atoms with E-state index in [0.717, 1.165) is 22.2 Å². The van der Waals surface area contributed by atoms with Crippen molar-refractivity contribution in [2.75, 3.05) is 0 Å². The number of aromatic nitrogens is 2. The predicted octanol–water partition coefficient (Wildman–Crippen LogP) is 3.02. The Morgan fingerprint density at radius 3 is 3.06 bits per heavy atom. The third-order valence-electron chi connectivity index (χ3n) is 2.53. The normalized spacial score (nSPS) is 11.4. The van der Waals surface area contributed by atoms with Gasteiger partial charge in [0.2, 0.25) is 0 Å². The van der Waals surface area contributed by atoms with Crippen LogP contribution >= 0.6 is 0 Å². The van der Waals surface area contributed by atoms with Crippen molar-refractivity contribution in [3.63, 3.8) is 0 Å². The molecule has 0 saturated heterocycles. The summed E-state index contributed by atoms with van der Waals surface area (Å²) in [6.45, 7) is 5.69. The van der Waals surface area contributed by atoms with Crippen molar-refractivity contribution in [1.82, 2.24) is 9.97 Å². The topological polar surface area (TPSA) is 52.5 Å². The van der Waals surface area contributed by atoms with Gasteiger partial charge in [0.05, 0.1) is 5.56 Å². The lowest BCUT2D eigenvalue weighted by Gasteiger charge is -2.05. The second kappa shape index (κ2) is 4.03. The molecule has 78 valence electrons. The number of hydrogen-bond donors (Lipinski definition) is 1. The molecule has 3 nitrogen and oxygen atoms in total. The fourth-order valence-corrected chi connectivity index (χ4v) is 1.77. The maximum absolute atomic E-state index is 9.09. The van der Waals surface area contributed by atoms with Gasteiger partial charge in [-0.05, 0) is 18.6 Å². The van der Waals surface area contributed by atoms with Crippen LogP contribution in [0.1, 0.15) is 18.1 Å². The second-order valence-corrected chi connectivity index (χ2v) is 3.35. The Balaban J connectivity index is 2.87. The van der Waals surface area contributed by atoms with Crippen molar-refractivity contribution in [1.29, 1.82) is 5.26 Å². The van der Waals surface area contributed by atoms with Gasteiger partial charge < -0.3 is 4.98 Å². The molecule has 0 aliphatic heterocycles. The first-order chi connectivity index (χ1) is 7.81. The zero-order valence-electron chi connectivity index (χ0n) is 8.99. The van der Waals surface area contributed by atoms with Crippen molar-refractivity contribution < 1.29 is 0 Å². The van der Waals surface area contributed by atoms with Crippen LogP contribution in [0.5, 0.6) is 0 Å². The highest BCUT2D eigenvalue weighted by atomic mass is 14.8. The number of nitriles is 1. The summed E-state index contributed by atoms with van der Waals surface area (Å²) in [4.78, 5) is 7.22. The number of aromatic amines is 1. The lowest BCUT2D eigenvalue weighted by atomic mass is 9.99. The molecule has 0 radical (unpaired) electrons. The van der Waals surface area contributed by atoms with Gasteiger partial charge in [0, 0.05) is 23.3 Å². The summed E-state index contributed by atoms with van der Waals surface area (Å²) in [5.74, 6) is 0. The van der Waals surface area contributed by atoms with Gasteiger partial charge in [-0.15, -0.1) is 0 Å². The molecule has 0 saturated carbocycles. The summed E-state index contributed by atoms with van der Waals surface area (Å²) in [5.41, 5.74) is 3.20. The average molecular weight is 209 g/mol. The number of rotatable bonds is 2. The van der Waals surface area contributed by atoms with Crippen molar-refractivity contribution in [3.05, 3.63) is 48.3 Å². The minimum absolute atomic E-state index is 0.570. The van der Waals surface area contributed by atoms with E-state index in [-0.39, 0.29) is 0 Å². The molecule has 3 heteroatoms. The van der Waals surface area contributed by atoms with Crippen LogP contribution in [-0.2, 0) is 0 Å². The van der Waals surface area contributed by atoms with Crippen LogP contribution in [0.3, 0.4) is 0 Å². The highest BCUT2D eigenvalue weighted by Gasteiger charge is 2.11. The van der Waals surface area contributed by atoms with E-state index >= 15 is 0 Å². The molecular weight excluding hydrogens is 198 g/mol. The minimum atomic E-state index is 0.570. The van der Waals surface area contributed by atoms with E-state index in [1.54, 1.807) is 12.3 Å². The van der Waals surface area contributed by atoms with Crippen LogP contribution in [0.15, 0.2) is 37.2 Å². The summed E-state index contributed by atoms with van der Waals surface area (Å²) in [5, 5.41) is 10.0. The van der Waals surface area contributed by atoms with Gasteiger partial charge >= 0.3 is 0 Å². The Morgan fingerprint density at radius 2 is 2.44 bits per heavy atom. The van der Waals surface area contributed by atoms with Gasteiger partial charge in [0.15, 0.2) is 0 Å². The lowest BCUT2D eigenvalue weighted by Crippen LogP contribution is -1.91. The molecule has 0 aliphatic rings. The molecule has 0 aromatic carbocycles. The molecule has 0 fully saturated rings. The smallest absolute Gasteiger partial charge is 0.137 e. The van der Waals surface area contributed by atoms with Gasteiger partial charge in [0.25, 0.3) is 0 Å². The van der Waals surface area contributed by atoms with Gasteiger partial charge in [0.1, 0.15) is 11.7 Å². The van der Waals surface area contributed by atoms with Crippen molar-refractivity contribution in [3.8, 4) is 6.07 Å². The minimum Gasteiger partial charge on any atom is -0.346 e. The third-order valence-corrected chi connectivity index (χ3v) is 2.53. The summed E-state index contributed by atoms with van der Waals surface area (Å²) < 4.78 is 0. The number of fused-ring (bicyclic) bond motifs is 1. The van der Waals surface area contributed by atoms with Crippen LogP contribution in [0.2, 0.25) is 0 Å². The molecule has 0 atom stereocenters. The number of pyridine rings is 1. The molecule has 0 unspecified atom stereocenters. The summed E-state index contributed by atoms with van der Waals surface area (Å²) in [6, 6.07) is 4.08. The van der Waals surface area contributed by atoms with Crippen molar-refractivity contribution in [2.24, 2.45) is 0 Å². The first-order valence-corrected chi connectivity index (χ1v) is 4.97. The SMILES string of the molecule is C=C/C(=C\C)c1c(C#N)cnc2[nH]ccc12. The molecule has 0 bridgehead atoms. The second-order valence-electron chi connectivity index (χ2n) is 3.35. The number of hydrogen-bond acceptors (Lipinski definition) is 2. The fourth-order valence-electron chi connectivity index (χ4n) is 1.77. The van der Waals surface area contributed by atoms with Crippen molar-refractivity contribution in [2.45, 2.75) is 6.92 Å². The Bertz CT molecular complexity index is 612. The molecule has 0 aliphatic carbocycles. The van der Waals surface area contributed by atoms with Crippen LogP contribution in [-0.4, -0.2) is 9.97 Å². The van der Waals surface area contributed by atoms with Gasteiger partial charge in [-0.2, -0.15) is 5.26 Å². The maximum atomic E-state index is 9.09. The van der Waals surface area contributed by atoms with E-state index in [4.69, 9.17) is 5.26 Å². The van der Waals surface area contributed by atoms with E-state index < -0.39 is 0 Å². The zero-order valence-corrected chi connectivity index (χ0v) is 8.99. The lowest BCUT2D eigenvalue weighted by molar-refractivity contribution is 1.30. The molecular formula is C13H11N3. The third kappa shape index (κ3) is 1.41. The van der Waals surface area contributed by atoms with Crippen LogP contribution in [0.4, 0.5) is 0 Å². The van der Waals surface area contributed by atoms with E-state index in [1.165, 1.54) is 0 Å². The fraction of sp³-hybridized carbons (Fsp3) is 0.0769. The molecule has 16 heavy (non-hydrogen) atoms. The Morgan fingerprint density at radius 1 is 1.62 bits per heavy atom. The highest BCUT2D eigenvalue weighted by molar-refractivity contribution is 5.95. The number of nitrogens with zero attached hydrogens (tertiary/aromatic N) is 2. The molecule has 0 spiro atoms. The number of allylic oxidation sites excluding steroid dienone is 3. The first kappa shape index (κ1) is 10.2. The zero-order chi connectivity index (χ0) is 11.5. The standard InChI is InChI=1S/C13H11N3/c1-3-9(4-2)12-10(7-14)8-16-13-11(12)5-6-15-13/h3-6,8H,1H2,2H3,(H,15,16)/b9-4+. The largest absolute Gasteiger partial charge is 0.346 e. The van der Waals surface area contributed by atoms with Gasteiger partial charge in [-0.3, -0.25) is 0 Å². The van der Waals surface area contributed by atoms with E-state index in [1.807, 2.05) is 25.3 Å². The van der Waals surface area contributed by atoms with Crippen molar-refractivity contribution >= 4 is 16.6 Å². The number of nitrogens with one attached hydrogen (secondary N) is 1. The van der Waals surface area contributed by atoms with Crippen LogP contribution < -0.4 is 0 Å². The summed E-state index contributed by atoms with van der Waals surface area (Å²) in [7, 11) is 0. The molecule has 2 heterocycles. The molecule has 2 rings (SSSR count). The maximum Gasteiger partial charge on any atom is 0.137 e.